The highest BCUT2D eigenvalue weighted by Gasteiger charge is 2.56. The molecular formula is C34H50F4N2O2S. The lowest BCUT2D eigenvalue weighted by atomic mass is 9.69. The summed E-state index contributed by atoms with van der Waals surface area (Å²) in [7, 11) is 0. The molecule has 9 heteroatoms. The number of thiol groups is 1. The Morgan fingerprint density at radius 2 is 1.74 bits per heavy atom. The van der Waals surface area contributed by atoms with E-state index in [1.54, 1.807) is 6.26 Å². The third-order valence-electron chi connectivity index (χ3n) is 9.15. The Morgan fingerprint density at radius 1 is 1.14 bits per heavy atom. The largest absolute Gasteiger partial charge is 0.417 e. The van der Waals surface area contributed by atoms with Crippen LogP contribution in [0.4, 0.5) is 17.6 Å². The summed E-state index contributed by atoms with van der Waals surface area (Å²) in [5.74, 6) is -0.989. The molecule has 1 spiro atoms. The molecule has 3 aliphatic rings. The third kappa shape index (κ3) is 7.25. The number of aromatic nitrogens is 2. The maximum absolute atomic E-state index is 15.2. The fourth-order valence-corrected chi connectivity index (χ4v) is 6.50. The van der Waals surface area contributed by atoms with Crippen LogP contribution in [0.15, 0.2) is 12.3 Å². The number of halogens is 4. The standard InChI is InChI=1S/C27H32F4N2O2.C6H14.CH4S/c1-13(2)22-20-21(19-17(33-22)10-25(4,5)11-18(19)34)26(8-6-7-14(26)3)35-24(20)23-16(28)9-15(12-32-23)27(29,30)31;1-5-6(2,3)4;1-2/h9,12-14,18,24,34H,6-8,10-11H2,1-5H3;5H2,1-4H3;2H,1H3. The van der Waals surface area contributed by atoms with E-state index >= 15 is 4.39 Å². The first-order chi connectivity index (χ1) is 19.8. The Labute approximate surface area is 260 Å². The molecule has 0 radical (unpaired) electrons. The van der Waals surface area contributed by atoms with Crippen molar-refractivity contribution in [1.29, 1.82) is 0 Å². The van der Waals surface area contributed by atoms with E-state index < -0.39 is 35.4 Å². The molecule has 2 aliphatic carbocycles. The van der Waals surface area contributed by atoms with Crippen LogP contribution in [-0.4, -0.2) is 21.3 Å². The maximum atomic E-state index is 15.2. The predicted molar refractivity (Wildman–Crippen MR) is 167 cm³/mol. The van der Waals surface area contributed by atoms with Crippen LogP contribution in [0, 0.1) is 22.6 Å². The van der Waals surface area contributed by atoms with Gasteiger partial charge in [-0.3, -0.25) is 9.97 Å². The van der Waals surface area contributed by atoms with Gasteiger partial charge in [0.2, 0.25) is 0 Å². The van der Waals surface area contributed by atoms with Crippen LogP contribution in [0.3, 0.4) is 0 Å². The molecule has 4 nitrogen and oxygen atoms in total. The molecule has 1 N–H and O–H groups in total. The minimum Gasteiger partial charge on any atom is -0.388 e. The number of hydrogen-bond acceptors (Lipinski definition) is 5. The van der Waals surface area contributed by atoms with E-state index in [1.807, 2.05) is 13.8 Å². The van der Waals surface area contributed by atoms with Gasteiger partial charge in [-0.25, -0.2) is 4.39 Å². The van der Waals surface area contributed by atoms with Gasteiger partial charge >= 0.3 is 6.18 Å². The van der Waals surface area contributed by atoms with E-state index in [4.69, 9.17) is 9.72 Å². The Kier molecular flexibility index (Phi) is 10.8. The van der Waals surface area contributed by atoms with Crippen LogP contribution in [0.5, 0.6) is 0 Å². The lowest BCUT2D eigenvalue weighted by molar-refractivity contribution is -0.138. The molecule has 242 valence electrons. The van der Waals surface area contributed by atoms with Crippen LogP contribution >= 0.6 is 12.6 Å². The number of rotatable bonds is 2. The normalized spacial score (nSPS) is 25.9. The molecule has 1 fully saturated rings. The molecule has 43 heavy (non-hydrogen) atoms. The fraction of sp³-hybridized carbons (Fsp3) is 0.706. The summed E-state index contributed by atoms with van der Waals surface area (Å²) in [4.78, 5) is 8.95. The van der Waals surface area contributed by atoms with Crippen molar-refractivity contribution in [3.05, 3.63) is 57.4 Å². The quantitative estimate of drug-likeness (QED) is 0.257. The molecular weight excluding hydrogens is 576 g/mol. The molecule has 0 amide bonds. The second-order valence-corrected chi connectivity index (χ2v) is 14.5. The van der Waals surface area contributed by atoms with Gasteiger partial charge in [0.05, 0.1) is 17.3 Å². The monoisotopic (exact) mass is 626 g/mol. The molecule has 0 aromatic carbocycles. The highest BCUT2D eigenvalue weighted by Crippen LogP contribution is 2.61. The first-order valence-electron chi connectivity index (χ1n) is 15.4. The van der Waals surface area contributed by atoms with Crippen molar-refractivity contribution in [1.82, 2.24) is 9.97 Å². The number of aliphatic hydroxyl groups is 1. The van der Waals surface area contributed by atoms with Crippen molar-refractivity contribution in [2.45, 2.75) is 131 Å². The average Bonchev–Trinajstić information content (AvgIpc) is 3.43. The topological polar surface area (TPSA) is 55.2 Å². The van der Waals surface area contributed by atoms with Gasteiger partial charge in [0.25, 0.3) is 0 Å². The summed E-state index contributed by atoms with van der Waals surface area (Å²) < 4.78 is 61.5. The number of hydrogen-bond donors (Lipinski definition) is 2. The van der Waals surface area contributed by atoms with Crippen molar-refractivity contribution in [3.63, 3.8) is 0 Å². The van der Waals surface area contributed by atoms with Gasteiger partial charge in [0.1, 0.15) is 17.6 Å². The summed E-state index contributed by atoms with van der Waals surface area (Å²) in [5, 5.41) is 11.3. The van der Waals surface area contributed by atoms with Gasteiger partial charge in [-0.05, 0) is 72.7 Å². The number of aliphatic hydroxyl groups excluding tert-OH is 1. The van der Waals surface area contributed by atoms with Crippen LogP contribution in [-0.2, 0) is 22.9 Å². The van der Waals surface area contributed by atoms with E-state index in [-0.39, 0.29) is 22.9 Å². The smallest absolute Gasteiger partial charge is 0.388 e. The van der Waals surface area contributed by atoms with E-state index in [9.17, 15) is 18.3 Å². The first-order valence-corrected chi connectivity index (χ1v) is 16.3. The zero-order valence-corrected chi connectivity index (χ0v) is 28.3. The van der Waals surface area contributed by atoms with E-state index in [0.29, 0.717) is 42.5 Å². The summed E-state index contributed by atoms with van der Waals surface area (Å²) >= 11 is 3.53. The Bertz CT molecular complexity index is 1290. The molecule has 5 rings (SSSR count). The molecule has 4 unspecified atom stereocenters. The minimum absolute atomic E-state index is 0.0355. The van der Waals surface area contributed by atoms with Gasteiger partial charge < -0.3 is 9.84 Å². The van der Waals surface area contributed by atoms with E-state index in [1.165, 1.54) is 6.42 Å². The van der Waals surface area contributed by atoms with Gasteiger partial charge in [-0.1, -0.05) is 68.7 Å². The Morgan fingerprint density at radius 3 is 2.21 bits per heavy atom. The minimum atomic E-state index is -4.69. The number of nitrogens with zero attached hydrogens (tertiary/aromatic N) is 2. The first kappa shape index (κ1) is 35.8. The molecule has 2 aromatic rings. The van der Waals surface area contributed by atoms with Crippen LogP contribution in [0.1, 0.15) is 152 Å². The second kappa shape index (κ2) is 13.0. The summed E-state index contributed by atoms with van der Waals surface area (Å²) in [6.07, 6.45) is 1.00. The molecule has 0 saturated heterocycles. The molecule has 4 atom stereocenters. The Hall–Kier alpha value is -1.71. The number of pyridine rings is 2. The van der Waals surface area contributed by atoms with Crippen LogP contribution < -0.4 is 0 Å². The molecule has 2 aromatic heterocycles. The van der Waals surface area contributed by atoms with Gasteiger partial charge in [0, 0.05) is 28.7 Å². The van der Waals surface area contributed by atoms with E-state index in [2.05, 4.69) is 66.1 Å². The zero-order chi connectivity index (χ0) is 32.7. The lowest BCUT2D eigenvalue weighted by Crippen LogP contribution is -2.34. The summed E-state index contributed by atoms with van der Waals surface area (Å²) in [5.41, 5.74) is 2.28. The predicted octanol–water partition coefficient (Wildman–Crippen LogP) is 9.89. The van der Waals surface area contributed by atoms with Crippen molar-refractivity contribution >= 4 is 12.6 Å². The van der Waals surface area contributed by atoms with Crippen LogP contribution in [0.2, 0.25) is 0 Å². The van der Waals surface area contributed by atoms with Crippen molar-refractivity contribution < 1.29 is 27.4 Å². The van der Waals surface area contributed by atoms with Crippen molar-refractivity contribution in [2.75, 3.05) is 6.26 Å². The molecule has 1 aliphatic heterocycles. The molecule has 1 saturated carbocycles. The van der Waals surface area contributed by atoms with E-state index in [0.717, 1.165) is 35.4 Å². The lowest BCUT2D eigenvalue weighted by Gasteiger charge is -2.39. The zero-order valence-electron chi connectivity index (χ0n) is 27.4. The number of alkyl halides is 3. The van der Waals surface area contributed by atoms with Gasteiger partial charge in [-0.15, -0.1) is 0 Å². The molecule has 3 heterocycles. The molecule has 0 bridgehead atoms. The second-order valence-electron chi connectivity index (χ2n) is 14.5. The summed E-state index contributed by atoms with van der Waals surface area (Å²) in [6, 6.07) is 0.493. The highest BCUT2D eigenvalue weighted by molar-refractivity contribution is 7.79. The van der Waals surface area contributed by atoms with Gasteiger partial charge in [-0.2, -0.15) is 25.8 Å². The summed E-state index contributed by atoms with van der Waals surface area (Å²) in [6.45, 7) is 19.2. The number of fused-ring (bicyclic) bond motifs is 4. The average molecular weight is 627 g/mol. The fourth-order valence-electron chi connectivity index (χ4n) is 6.50. The van der Waals surface area contributed by atoms with Crippen molar-refractivity contribution in [3.8, 4) is 0 Å². The highest BCUT2D eigenvalue weighted by atomic mass is 32.1. The Balaban J connectivity index is 0.000000566. The third-order valence-corrected chi connectivity index (χ3v) is 9.15. The van der Waals surface area contributed by atoms with Crippen molar-refractivity contribution in [2.24, 2.45) is 16.7 Å². The maximum Gasteiger partial charge on any atom is 0.417 e. The van der Waals surface area contributed by atoms with Crippen LogP contribution in [0.25, 0.3) is 0 Å². The SMILES string of the molecule is CC(C)c1nc2c(c3c1C(c1ncc(C(F)(F)F)cc1F)OC31CCCC1C)C(O)CC(C)(C)C2.CCC(C)(C)C.CS. The number of ether oxygens (including phenoxy) is 1. The van der Waals surface area contributed by atoms with Gasteiger partial charge in [0.15, 0.2) is 0 Å².